The average Bonchev–Trinajstić information content (AvgIpc) is 2.84. The van der Waals surface area contributed by atoms with Crippen LogP contribution in [-0.2, 0) is 26.0 Å². The van der Waals surface area contributed by atoms with Gasteiger partial charge in [0.15, 0.2) is 6.61 Å². The number of sulfonamides is 1. The van der Waals surface area contributed by atoms with Gasteiger partial charge in [-0.15, -0.1) is 0 Å². The normalized spacial score (nSPS) is 23.0. The van der Waals surface area contributed by atoms with Crippen LogP contribution in [-0.4, -0.2) is 44.2 Å². The molecule has 174 valence electrons. The number of ether oxygens (including phenoxy) is 1. The van der Waals surface area contributed by atoms with E-state index in [9.17, 15) is 18.0 Å². The molecule has 1 aliphatic carbocycles. The van der Waals surface area contributed by atoms with Gasteiger partial charge in [-0.2, -0.15) is 4.31 Å². The van der Waals surface area contributed by atoms with Gasteiger partial charge < -0.3 is 15.4 Å². The Labute approximate surface area is 193 Å². The van der Waals surface area contributed by atoms with E-state index in [2.05, 4.69) is 22.8 Å². The number of rotatable bonds is 4. The summed E-state index contributed by atoms with van der Waals surface area (Å²) in [5, 5.41) is 5.82. The van der Waals surface area contributed by atoms with Crippen LogP contribution in [0.25, 0.3) is 0 Å². The van der Waals surface area contributed by atoms with Gasteiger partial charge in [0.25, 0.3) is 5.91 Å². The van der Waals surface area contributed by atoms with Crippen molar-refractivity contribution >= 4 is 27.5 Å². The fraction of sp³-hybridized carbons (Fsp3) is 0.417. The van der Waals surface area contributed by atoms with E-state index in [1.165, 1.54) is 22.0 Å². The number of anilines is 1. The lowest BCUT2D eigenvalue weighted by atomic mass is 9.87. The number of carbonyl (C=O) groups is 2. The zero-order valence-corrected chi connectivity index (χ0v) is 19.1. The quantitative estimate of drug-likeness (QED) is 0.716. The topological polar surface area (TPSA) is 105 Å². The highest BCUT2D eigenvalue weighted by Crippen LogP contribution is 2.33. The third kappa shape index (κ3) is 4.35. The number of fused-ring (bicyclic) bond motifs is 2. The first-order valence-corrected chi connectivity index (χ1v) is 12.8. The molecule has 2 N–H and O–H groups in total. The van der Waals surface area contributed by atoms with Crippen molar-refractivity contribution in [3.63, 3.8) is 0 Å². The van der Waals surface area contributed by atoms with Crippen molar-refractivity contribution in [2.45, 2.75) is 43.0 Å². The molecule has 0 saturated carbocycles. The third-order valence-corrected chi connectivity index (χ3v) is 8.52. The van der Waals surface area contributed by atoms with Crippen LogP contribution in [0.3, 0.4) is 0 Å². The number of piperidine rings is 1. The molecule has 0 unspecified atom stereocenters. The molecule has 2 aliphatic heterocycles. The molecular formula is C24H27N3O5S. The van der Waals surface area contributed by atoms with Crippen LogP contribution in [0.1, 0.15) is 42.9 Å². The summed E-state index contributed by atoms with van der Waals surface area (Å²) in [5.74, 6) is -0.376. The van der Waals surface area contributed by atoms with Gasteiger partial charge in [-0.05, 0) is 61.4 Å². The van der Waals surface area contributed by atoms with Crippen molar-refractivity contribution in [2.24, 2.45) is 5.92 Å². The highest BCUT2D eigenvalue weighted by molar-refractivity contribution is 7.89. The summed E-state index contributed by atoms with van der Waals surface area (Å²) in [5.41, 5.74) is 2.77. The zero-order valence-electron chi connectivity index (χ0n) is 18.2. The minimum Gasteiger partial charge on any atom is -0.482 e. The molecule has 5 rings (SSSR count). The molecule has 1 saturated heterocycles. The van der Waals surface area contributed by atoms with Crippen molar-refractivity contribution in [1.82, 2.24) is 9.62 Å². The molecule has 33 heavy (non-hydrogen) atoms. The fourth-order valence-corrected chi connectivity index (χ4v) is 6.49. The molecule has 3 aliphatic rings. The molecule has 0 spiro atoms. The van der Waals surface area contributed by atoms with Gasteiger partial charge >= 0.3 is 0 Å². The Hall–Kier alpha value is -2.91. The van der Waals surface area contributed by atoms with Crippen LogP contribution in [0.2, 0.25) is 0 Å². The summed E-state index contributed by atoms with van der Waals surface area (Å²) in [6.45, 7) is 0.411. The molecule has 0 radical (unpaired) electrons. The fourth-order valence-electron chi connectivity index (χ4n) is 4.94. The predicted molar refractivity (Wildman–Crippen MR) is 122 cm³/mol. The molecule has 2 amide bonds. The Morgan fingerprint density at radius 2 is 1.97 bits per heavy atom. The highest BCUT2D eigenvalue weighted by Gasteiger charge is 2.35. The molecule has 1 fully saturated rings. The van der Waals surface area contributed by atoms with Crippen LogP contribution in [0.4, 0.5) is 5.69 Å². The molecule has 0 aromatic heterocycles. The molecule has 2 aromatic carbocycles. The first-order chi connectivity index (χ1) is 15.9. The Balaban J connectivity index is 1.30. The van der Waals surface area contributed by atoms with Crippen molar-refractivity contribution in [1.29, 1.82) is 0 Å². The molecule has 2 heterocycles. The Morgan fingerprint density at radius 3 is 2.85 bits per heavy atom. The van der Waals surface area contributed by atoms with E-state index >= 15 is 0 Å². The summed E-state index contributed by atoms with van der Waals surface area (Å²) in [7, 11) is -3.81. The van der Waals surface area contributed by atoms with Crippen LogP contribution in [0.15, 0.2) is 47.4 Å². The molecule has 8 nitrogen and oxygen atoms in total. The lowest BCUT2D eigenvalue weighted by Gasteiger charge is -2.33. The third-order valence-electron chi connectivity index (χ3n) is 6.66. The molecular weight excluding hydrogens is 442 g/mol. The highest BCUT2D eigenvalue weighted by atomic mass is 32.2. The van der Waals surface area contributed by atoms with Gasteiger partial charge in [-0.3, -0.25) is 9.59 Å². The second-order valence-electron chi connectivity index (χ2n) is 8.85. The van der Waals surface area contributed by atoms with E-state index < -0.39 is 15.9 Å². The van der Waals surface area contributed by atoms with E-state index in [4.69, 9.17) is 4.74 Å². The molecule has 9 heteroatoms. The van der Waals surface area contributed by atoms with Crippen molar-refractivity contribution in [2.75, 3.05) is 25.0 Å². The van der Waals surface area contributed by atoms with Crippen molar-refractivity contribution in [3.05, 3.63) is 53.6 Å². The number of hydrogen-bond donors (Lipinski definition) is 2. The van der Waals surface area contributed by atoms with Gasteiger partial charge in [0.1, 0.15) is 5.75 Å². The monoisotopic (exact) mass is 469 g/mol. The second-order valence-corrected chi connectivity index (χ2v) is 10.8. The summed E-state index contributed by atoms with van der Waals surface area (Å²) >= 11 is 0. The van der Waals surface area contributed by atoms with Gasteiger partial charge in [0.2, 0.25) is 15.9 Å². The number of aryl methyl sites for hydroxylation is 1. The smallest absolute Gasteiger partial charge is 0.262 e. The second kappa shape index (κ2) is 8.79. The summed E-state index contributed by atoms with van der Waals surface area (Å²) in [6, 6.07) is 12.6. The first kappa shape index (κ1) is 21.9. The summed E-state index contributed by atoms with van der Waals surface area (Å²) < 4.78 is 33.3. The maximum absolute atomic E-state index is 13.3. The number of carbonyl (C=O) groups excluding carboxylic acids is 2. The zero-order chi connectivity index (χ0) is 23.0. The van der Waals surface area contributed by atoms with Crippen LogP contribution in [0.5, 0.6) is 5.75 Å². The van der Waals surface area contributed by atoms with Crippen molar-refractivity contribution in [3.8, 4) is 5.75 Å². The average molecular weight is 470 g/mol. The van der Waals surface area contributed by atoms with Gasteiger partial charge in [-0.1, -0.05) is 24.3 Å². The number of nitrogens with one attached hydrogen (secondary N) is 2. The maximum Gasteiger partial charge on any atom is 0.262 e. The molecule has 2 atom stereocenters. The Bertz CT molecular complexity index is 1200. The molecule has 2 aromatic rings. The Morgan fingerprint density at radius 1 is 1.12 bits per heavy atom. The maximum atomic E-state index is 13.3. The first-order valence-electron chi connectivity index (χ1n) is 11.4. The minimum absolute atomic E-state index is 0.0290. The largest absolute Gasteiger partial charge is 0.482 e. The van der Waals surface area contributed by atoms with Gasteiger partial charge in [0, 0.05) is 13.1 Å². The van der Waals surface area contributed by atoms with E-state index in [0.29, 0.717) is 30.8 Å². The number of benzene rings is 2. The van der Waals surface area contributed by atoms with E-state index in [1.54, 1.807) is 6.07 Å². The number of hydrogen-bond acceptors (Lipinski definition) is 5. The summed E-state index contributed by atoms with van der Waals surface area (Å²) in [6.07, 6.45) is 4.19. The van der Waals surface area contributed by atoms with Crippen molar-refractivity contribution < 1.29 is 22.7 Å². The Kier molecular flexibility index (Phi) is 5.84. The van der Waals surface area contributed by atoms with Crippen LogP contribution in [0, 0.1) is 5.92 Å². The van der Waals surface area contributed by atoms with Crippen LogP contribution < -0.4 is 15.4 Å². The van der Waals surface area contributed by atoms with E-state index in [1.807, 2.05) is 12.1 Å². The van der Waals surface area contributed by atoms with Crippen LogP contribution >= 0.6 is 0 Å². The SMILES string of the molecule is O=C1COc2ccc(S(=O)(=O)N3CCC[C@@H](C(=O)N[C@@H]4CCCc5ccccc54)C3)cc2N1. The van der Waals surface area contributed by atoms with Gasteiger partial charge in [-0.25, -0.2) is 8.42 Å². The number of nitrogens with zero attached hydrogens (tertiary/aromatic N) is 1. The number of amides is 2. The van der Waals surface area contributed by atoms with E-state index in [-0.39, 0.29) is 35.9 Å². The standard InChI is InChI=1S/C24H27N3O5S/c28-23-15-32-22-11-10-18(13-21(22)25-23)33(30,31)27-12-4-7-17(14-27)24(29)26-20-9-3-6-16-5-1-2-8-19(16)20/h1-2,5,8,10-11,13,17,20H,3-4,6-7,9,12,14-15H2,(H,25,28)(H,26,29)/t17-,20-/m1/s1. The van der Waals surface area contributed by atoms with Gasteiger partial charge in [0.05, 0.1) is 22.5 Å². The predicted octanol–water partition coefficient (Wildman–Crippen LogP) is 2.61. The minimum atomic E-state index is -3.81. The lowest BCUT2D eigenvalue weighted by Crippen LogP contribution is -2.46. The molecule has 0 bridgehead atoms. The van der Waals surface area contributed by atoms with E-state index in [0.717, 1.165) is 24.8 Å². The lowest BCUT2D eigenvalue weighted by molar-refractivity contribution is -0.127. The summed E-state index contributed by atoms with van der Waals surface area (Å²) in [4.78, 5) is 24.8.